The van der Waals surface area contributed by atoms with Crippen LogP contribution in [0, 0.1) is 6.92 Å². The number of furan rings is 1. The average Bonchev–Trinajstić information content (AvgIpc) is 3.11. The number of aryl methyl sites for hydroxylation is 1. The molecule has 126 valence electrons. The molecule has 3 rings (SSSR count). The van der Waals surface area contributed by atoms with Crippen LogP contribution >= 0.6 is 15.9 Å². The molecule has 0 saturated carbocycles. The lowest BCUT2D eigenvalue weighted by atomic mass is 10.0. The number of rotatable bonds is 4. The monoisotopic (exact) mass is 391 g/mol. The highest BCUT2D eigenvalue weighted by molar-refractivity contribution is 9.10. The Morgan fingerprint density at radius 3 is 2.75 bits per heavy atom. The molecule has 1 amide bonds. The van der Waals surface area contributed by atoms with Gasteiger partial charge < -0.3 is 13.8 Å². The SMILES string of the molecule is Cc1noc2nc(C(C)C)cc(C(=O)N(C)Cc3ccc(Br)o3)c12. The van der Waals surface area contributed by atoms with Crippen molar-refractivity contribution < 1.29 is 13.7 Å². The van der Waals surface area contributed by atoms with E-state index < -0.39 is 0 Å². The highest BCUT2D eigenvalue weighted by Crippen LogP contribution is 2.26. The first-order valence-electron chi connectivity index (χ1n) is 7.63. The third kappa shape index (κ3) is 3.08. The average molecular weight is 392 g/mol. The predicted octanol–water partition coefficient (Wildman–Crippen LogP) is 4.28. The van der Waals surface area contributed by atoms with Crippen LogP contribution in [0.15, 0.2) is 31.8 Å². The minimum Gasteiger partial charge on any atom is -0.452 e. The second-order valence-electron chi connectivity index (χ2n) is 6.06. The van der Waals surface area contributed by atoms with Crippen molar-refractivity contribution >= 4 is 32.9 Å². The molecule has 0 unspecified atom stereocenters. The number of hydrogen-bond donors (Lipinski definition) is 0. The number of halogens is 1. The largest absolute Gasteiger partial charge is 0.452 e. The fraction of sp³-hybridized carbons (Fsp3) is 0.353. The van der Waals surface area contributed by atoms with E-state index in [-0.39, 0.29) is 11.8 Å². The van der Waals surface area contributed by atoms with Crippen molar-refractivity contribution in [2.24, 2.45) is 0 Å². The van der Waals surface area contributed by atoms with Crippen LogP contribution in [0.2, 0.25) is 0 Å². The molecule has 0 atom stereocenters. The Labute approximate surface area is 147 Å². The number of aromatic nitrogens is 2. The molecular formula is C17H18BrN3O3. The lowest BCUT2D eigenvalue weighted by molar-refractivity contribution is 0.0776. The molecule has 0 fully saturated rings. The third-order valence-electron chi connectivity index (χ3n) is 3.83. The van der Waals surface area contributed by atoms with Crippen molar-refractivity contribution in [1.29, 1.82) is 0 Å². The Hall–Kier alpha value is -2.15. The van der Waals surface area contributed by atoms with Gasteiger partial charge in [-0.15, -0.1) is 0 Å². The second kappa shape index (κ2) is 6.39. The number of fused-ring (bicyclic) bond motifs is 1. The molecule has 3 heterocycles. The molecule has 6 nitrogen and oxygen atoms in total. The van der Waals surface area contributed by atoms with Gasteiger partial charge in [0.15, 0.2) is 4.67 Å². The van der Waals surface area contributed by atoms with Gasteiger partial charge in [0.2, 0.25) is 0 Å². The summed E-state index contributed by atoms with van der Waals surface area (Å²) >= 11 is 3.27. The maximum atomic E-state index is 13.0. The summed E-state index contributed by atoms with van der Waals surface area (Å²) in [5.41, 5.74) is 2.41. The Morgan fingerprint density at radius 2 is 2.12 bits per heavy atom. The van der Waals surface area contributed by atoms with Crippen LogP contribution in [0.1, 0.15) is 47.3 Å². The molecule has 0 aromatic carbocycles. The summed E-state index contributed by atoms with van der Waals surface area (Å²) in [5.74, 6) is 0.759. The van der Waals surface area contributed by atoms with Gasteiger partial charge in [0.05, 0.1) is 23.2 Å². The van der Waals surface area contributed by atoms with Crippen LogP contribution in [-0.2, 0) is 6.54 Å². The zero-order chi connectivity index (χ0) is 17.4. The van der Waals surface area contributed by atoms with E-state index in [2.05, 4.69) is 26.1 Å². The summed E-state index contributed by atoms with van der Waals surface area (Å²) in [4.78, 5) is 19.0. The van der Waals surface area contributed by atoms with Crippen LogP contribution < -0.4 is 0 Å². The fourth-order valence-electron chi connectivity index (χ4n) is 2.53. The molecule has 0 aliphatic carbocycles. The molecule has 0 N–H and O–H groups in total. The normalized spacial score (nSPS) is 11.4. The topological polar surface area (TPSA) is 72.4 Å². The van der Waals surface area contributed by atoms with Gasteiger partial charge in [0.25, 0.3) is 11.6 Å². The summed E-state index contributed by atoms with van der Waals surface area (Å²) < 4.78 is 11.4. The minimum atomic E-state index is -0.122. The van der Waals surface area contributed by atoms with E-state index >= 15 is 0 Å². The summed E-state index contributed by atoms with van der Waals surface area (Å²) in [6.45, 7) is 6.23. The van der Waals surface area contributed by atoms with Crippen LogP contribution in [-0.4, -0.2) is 28.0 Å². The van der Waals surface area contributed by atoms with Gasteiger partial charge in [-0.05, 0) is 47.0 Å². The van der Waals surface area contributed by atoms with Crippen molar-refractivity contribution in [1.82, 2.24) is 15.0 Å². The lowest BCUT2D eigenvalue weighted by Gasteiger charge is -2.17. The van der Waals surface area contributed by atoms with Crippen molar-refractivity contribution in [3.8, 4) is 0 Å². The first-order valence-corrected chi connectivity index (χ1v) is 8.42. The molecule has 3 aromatic rings. The quantitative estimate of drug-likeness (QED) is 0.663. The highest BCUT2D eigenvalue weighted by atomic mass is 79.9. The number of hydrogen-bond acceptors (Lipinski definition) is 5. The summed E-state index contributed by atoms with van der Waals surface area (Å²) in [6.07, 6.45) is 0. The van der Waals surface area contributed by atoms with Gasteiger partial charge in [0, 0.05) is 12.7 Å². The number of amides is 1. The molecular weight excluding hydrogens is 374 g/mol. The zero-order valence-electron chi connectivity index (χ0n) is 14.0. The lowest BCUT2D eigenvalue weighted by Crippen LogP contribution is -2.26. The first kappa shape index (κ1) is 16.7. The van der Waals surface area contributed by atoms with E-state index in [0.717, 1.165) is 5.69 Å². The van der Waals surface area contributed by atoms with Crippen molar-refractivity contribution in [2.75, 3.05) is 7.05 Å². The molecule has 3 aromatic heterocycles. The smallest absolute Gasteiger partial charge is 0.259 e. The molecule has 0 aliphatic heterocycles. The van der Waals surface area contributed by atoms with E-state index in [0.29, 0.717) is 39.3 Å². The van der Waals surface area contributed by atoms with E-state index in [1.165, 1.54) is 0 Å². The number of nitrogens with zero attached hydrogens (tertiary/aromatic N) is 3. The Balaban J connectivity index is 2.00. The van der Waals surface area contributed by atoms with E-state index in [4.69, 9.17) is 8.94 Å². The van der Waals surface area contributed by atoms with E-state index in [9.17, 15) is 4.79 Å². The number of carbonyl (C=O) groups is 1. The molecule has 0 spiro atoms. The van der Waals surface area contributed by atoms with Gasteiger partial charge in [-0.1, -0.05) is 19.0 Å². The highest BCUT2D eigenvalue weighted by Gasteiger charge is 2.22. The predicted molar refractivity (Wildman–Crippen MR) is 92.8 cm³/mol. The van der Waals surface area contributed by atoms with Crippen LogP contribution in [0.3, 0.4) is 0 Å². The van der Waals surface area contributed by atoms with Gasteiger partial charge in [-0.25, -0.2) is 4.98 Å². The van der Waals surface area contributed by atoms with Crippen LogP contribution in [0.5, 0.6) is 0 Å². The van der Waals surface area contributed by atoms with Gasteiger partial charge in [0.1, 0.15) is 5.76 Å². The van der Waals surface area contributed by atoms with E-state index in [1.54, 1.807) is 18.0 Å². The summed E-state index contributed by atoms with van der Waals surface area (Å²) in [5, 5.41) is 4.62. The molecule has 24 heavy (non-hydrogen) atoms. The van der Waals surface area contributed by atoms with Gasteiger partial charge in [-0.3, -0.25) is 4.79 Å². The van der Waals surface area contributed by atoms with Crippen LogP contribution in [0.25, 0.3) is 11.1 Å². The number of pyridine rings is 1. The van der Waals surface area contributed by atoms with Gasteiger partial charge >= 0.3 is 0 Å². The Bertz CT molecular complexity index is 898. The Morgan fingerprint density at radius 1 is 1.38 bits per heavy atom. The summed E-state index contributed by atoms with van der Waals surface area (Å²) in [7, 11) is 1.74. The minimum absolute atomic E-state index is 0.122. The van der Waals surface area contributed by atoms with Crippen molar-refractivity contribution in [2.45, 2.75) is 33.2 Å². The maximum absolute atomic E-state index is 13.0. The maximum Gasteiger partial charge on any atom is 0.259 e. The van der Waals surface area contributed by atoms with Crippen molar-refractivity contribution in [3.63, 3.8) is 0 Å². The van der Waals surface area contributed by atoms with E-state index in [1.807, 2.05) is 32.9 Å². The molecule has 0 aliphatic rings. The fourth-order valence-corrected chi connectivity index (χ4v) is 2.87. The second-order valence-corrected chi connectivity index (χ2v) is 6.85. The number of carbonyl (C=O) groups excluding carboxylic acids is 1. The zero-order valence-corrected chi connectivity index (χ0v) is 15.5. The Kier molecular flexibility index (Phi) is 4.45. The molecule has 7 heteroatoms. The molecule has 0 saturated heterocycles. The molecule has 0 bridgehead atoms. The summed E-state index contributed by atoms with van der Waals surface area (Å²) in [6, 6.07) is 5.47. The third-order valence-corrected chi connectivity index (χ3v) is 4.25. The standard InChI is InChI=1S/C17H18BrN3O3/c1-9(2)13-7-12(15-10(3)20-24-16(15)19-13)17(22)21(4)8-11-5-6-14(18)23-11/h5-7,9H,8H2,1-4H3. The first-order chi connectivity index (χ1) is 11.4. The van der Waals surface area contributed by atoms with Crippen molar-refractivity contribution in [3.05, 3.63) is 45.6 Å². The van der Waals surface area contributed by atoms with Crippen LogP contribution in [0.4, 0.5) is 0 Å². The van der Waals surface area contributed by atoms with Gasteiger partial charge in [-0.2, -0.15) is 0 Å². The molecule has 0 radical (unpaired) electrons.